The van der Waals surface area contributed by atoms with Gasteiger partial charge < -0.3 is 15.7 Å². The van der Waals surface area contributed by atoms with Crippen LogP contribution in [0.2, 0.25) is 0 Å². The van der Waals surface area contributed by atoms with Crippen molar-refractivity contribution in [1.82, 2.24) is 10.6 Å². The van der Waals surface area contributed by atoms with Gasteiger partial charge in [-0.2, -0.15) is 0 Å². The number of nitrogens with one attached hydrogen (secondary N) is 2. The van der Waals surface area contributed by atoms with Crippen LogP contribution >= 0.6 is 0 Å². The van der Waals surface area contributed by atoms with Gasteiger partial charge in [0, 0.05) is 6.54 Å². The van der Waals surface area contributed by atoms with Crippen molar-refractivity contribution >= 4 is 11.8 Å². The Morgan fingerprint density at radius 2 is 1.46 bits per heavy atom. The molecule has 0 heterocycles. The van der Waals surface area contributed by atoms with Crippen molar-refractivity contribution in [2.24, 2.45) is 5.92 Å². The van der Waals surface area contributed by atoms with Crippen molar-refractivity contribution in [3.05, 3.63) is 60.2 Å². The molecule has 2 aromatic carbocycles. The lowest BCUT2D eigenvalue weighted by molar-refractivity contribution is -0.139. The standard InChI is InChI=1S/C21H26N2O3/c1-15(2)13-22-19(24)20(25)23-14-21(3,26)18-11-9-17(10-12-18)16-7-5-4-6-8-16/h4-12,15,26H,13-14H2,1-3H3,(H,22,24)(H,23,25). The maximum absolute atomic E-state index is 11.8. The molecule has 2 rings (SSSR count). The van der Waals surface area contributed by atoms with Crippen LogP contribution in [0.15, 0.2) is 54.6 Å². The first-order chi connectivity index (χ1) is 12.3. The Labute approximate surface area is 154 Å². The van der Waals surface area contributed by atoms with E-state index in [0.717, 1.165) is 11.1 Å². The first-order valence-corrected chi connectivity index (χ1v) is 8.74. The molecule has 2 aromatic rings. The summed E-state index contributed by atoms with van der Waals surface area (Å²) in [5.74, 6) is -1.17. The number of hydrogen-bond acceptors (Lipinski definition) is 3. The Kier molecular flexibility index (Phi) is 6.52. The summed E-state index contributed by atoms with van der Waals surface area (Å²) >= 11 is 0. The van der Waals surface area contributed by atoms with Crippen molar-refractivity contribution < 1.29 is 14.7 Å². The van der Waals surface area contributed by atoms with Crippen LogP contribution in [0.1, 0.15) is 26.3 Å². The molecule has 0 fully saturated rings. The van der Waals surface area contributed by atoms with E-state index in [9.17, 15) is 14.7 Å². The van der Waals surface area contributed by atoms with Gasteiger partial charge in [-0.05, 0) is 29.5 Å². The third kappa shape index (κ3) is 5.43. The molecule has 1 unspecified atom stereocenters. The molecule has 1 atom stereocenters. The molecule has 5 heteroatoms. The quantitative estimate of drug-likeness (QED) is 0.697. The monoisotopic (exact) mass is 354 g/mol. The third-order valence-corrected chi connectivity index (χ3v) is 4.08. The summed E-state index contributed by atoms with van der Waals surface area (Å²) in [6.45, 7) is 5.89. The van der Waals surface area contributed by atoms with Gasteiger partial charge in [0.2, 0.25) is 0 Å². The summed E-state index contributed by atoms with van der Waals surface area (Å²) in [6.07, 6.45) is 0. The molecule has 3 N–H and O–H groups in total. The van der Waals surface area contributed by atoms with Gasteiger partial charge in [0.15, 0.2) is 0 Å². The minimum Gasteiger partial charge on any atom is -0.384 e. The second-order valence-corrected chi connectivity index (χ2v) is 7.00. The van der Waals surface area contributed by atoms with Gasteiger partial charge in [0.25, 0.3) is 0 Å². The van der Waals surface area contributed by atoms with Crippen molar-refractivity contribution in [1.29, 1.82) is 0 Å². The Hall–Kier alpha value is -2.66. The van der Waals surface area contributed by atoms with Crippen LogP contribution in [0.4, 0.5) is 0 Å². The topological polar surface area (TPSA) is 78.4 Å². The number of amides is 2. The lowest BCUT2D eigenvalue weighted by Crippen LogP contribution is -2.46. The predicted molar refractivity (Wildman–Crippen MR) is 102 cm³/mol. The first kappa shape index (κ1) is 19.7. The van der Waals surface area contributed by atoms with Gasteiger partial charge in [-0.25, -0.2) is 0 Å². The second-order valence-electron chi connectivity index (χ2n) is 7.00. The highest BCUT2D eigenvalue weighted by molar-refractivity contribution is 6.35. The van der Waals surface area contributed by atoms with Gasteiger partial charge in [0.05, 0.1) is 6.54 Å². The van der Waals surface area contributed by atoms with E-state index in [1.807, 2.05) is 68.4 Å². The van der Waals surface area contributed by atoms with Crippen molar-refractivity contribution in [2.45, 2.75) is 26.4 Å². The number of carbonyl (C=O) groups is 2. The highest BCUT2D eigenvalue weighted by Gasteiger charge is 2.25. The van der Waals surface area contributed by atoms with E-state index in [-0.39, 0.29) is 12.5 Å². The summed E-state index contributed by atoms with van der Waals surface area (Å²) in [4.78, 5) is 23.5. The SMILES string of the molecule is CC(C)CNC(=O)C(=O)NCC(C)(O)c1ccc(-c2ccccc2)cc1. The van der Waals surface area contributed by atoms with E-state index in [1.54, 1.807) is 6.92 Å². The Morgan fingerprint density at radius 3 is 2.04 bits per heavy atom. The number of benzene rings is 2. The van der Waals surface area contributed by atoms with E-state index >= 15 is 0 Å². The van der Waals surface area contributed by atoms with Crippen LogP contribution in [0.25, 0.3) is 11.1 Å². The van der Waals surface area contributed by atoms with Crippen molar-refractivity contribution in [3.63, 3.8) is 0 Å². The van der Waals surface area contributed by atoms with E-state index in [2.05, 4.69) is 10.6 Å². The van der Waals surface area contributed by atoms with Crippen molar-refractivity contribution in [2.75, 3.05) is 13.1 Å². The molecule has 0 bridgehead atoms. The summed E-state index contributed by atoms with van der Waals surface area (Å²) in [7, 11) is 0. The van der Waals surface area contributed by atoms with Gasteiger partial charge in [-0.15, -0.1) is 0 Å². The van der Waals surface area contributed by atoms with Gasteiger partial charge >= 0.3 is 11.8 Å². The molecular formula is C21H26N2O3. The molecule has 0 aromatic heterocycles. The Balaban J connectivity index is 1.97. The molecule has 138 valence electrons. The Bertz CT molecular complexity index is 738. The molecule has 0 spiro atoms. The maximum atomic E-state index is 11.8. The minimum atomic E-state index is -1.27. The average molecular weight is 354 g/mol. The van der Waals surface area contributed by atoms with Crippen LogP contribution in [0, 0.1) is 5.92 Å². The molecule has 0 saturated heterocycles. The summed E-state index contributed by atoms with van der Waals surface area (Å²) in [6, 6.07) is 17.4. The van der Waals surface area contributed by atoms with Crippen LogP contribution in [0.3, 0.4) is 0 Å². The number of aliphatic hydroxyl groups is 1. The summed E-state index contributed by atoms with van der Waals surface area (Å²) in [5.41, 5.74) is 1.53. The fraction of sp³-hybridized carbons (Fsp3) is 0.333. The lowest BCUT2D eigenvalue weighted by Gasteiger charge is -2.24. The van der Waals surface area contributed by atoms with Gasteiger partial charge in [0.1, 0.15) is 5.60 Å². The number of carbonyl (C=O) groups excluding carboxylic acids is 2. The van der Waals surface area contributed by atoms with E-state index in [4.69, 9.17) is 0 Å². The first-order valence-electron chi connectivity index (χ1n) is 8.74. The highest BCUT2D eigenvalue weighted by atomic mass is 16.3. The highest BCUT2D eigenvalue weighted by Crippen LogP contribution is 2.24. The number of hydrogen-bond donors (Lipinski definition) is 3. The molecule has 5 nitrogen and oxygen atoms in total. The third-order valence-electron chi connectivity index (χ3n) is 4.08. The van der Waals surface area contributed by atoms with E-state index in [0.29, 0.717) is 12.1 Å². The zero-order valence-corrected chi connectivity index (χ0v) is 15.5. The zero-order valence-electron chi connectivity index (χ0n) is 15.5. The molecule has 0 radical (unpaired) electrons. The number of rotatable bonds is 6. The Morgan fingerprint density at radius 1 is 0.923 bits per heavy atom. The van der Waals surface area contributed by atoms with Gasteiger partial charge in [-0.1, -0.05) is 68.4 Å². The largest absolute Gasteiger partial charge is 0.384 e. The van der Waals surface area contributed by atoms with E-state index in [1.165, 1.54) is 0 Å². The normalized spacial score (nSPS) is 13.1. The fourth-order valence-electron chi connectivity index (χ4n) is 2.46. The van der Waals surface area contributed by atoms with Crippen LogP contribution < -0.4 is 10.6 Å². The molecule has 26 heavy (non-hydrogen) atoms. The molecule has 0 aliphatic rings. The zero-order chi connectivity index (χ0) is 19.2. The average Bonchev–Trinajstić information content (AvgIpc) is 2.65. The molecule has 0 aliphatic heterocycles. The fourth-order valence-corrected chi connectivity index (χ4v) is 2.46. The second kappa shape index (κ2) is 8.63. The molecule has 0 saturated carbocycles. The van der Waals surface area contributed by atoms with Crippen LogP contribution in [-0.4, -0.2) is 30.0 Å². The van der Waals surface area contributed by atoms with Crippen LogP contribution in [0.5, 0.6) is 0 Å². The molecule has 0 aliphatic carbocycles. The maximum Gasteiger partial charge on any atom is 0.309 e. The van der Waals surface area contributed by atoms with Crippen LogP contribution in [-0.2, 0) is 15.2 Å². The minimum absolute atomic E-state index is 0.0500. The van der Waals surface area contributed by atoms with Gasteiger partial charge in [-0.3, -0.25) is 9.59 Å². The summed E-state index contributed by atoms with van der Waals surface area (Å²) < 4.78 is 0. The van der Waals surface area contributed by atoms with E-state index < -0.39 is 17.4 Å². The molecular weight excluding hydrogens is 328 g/mol. The smallest absolute Gasteiger partial charge is 0.309 e. The lowest BCUT2D eigenvalue weighted by atomic mass is 9.93. The van der Waals surface area contributed by atoms with Crippen molar-refractivity contribution in [3.8, 4) is 11.1 Å². The predicted octanol–water partition coefficient (Wildman–Crippen LogP) is 2.45. The molecule has 2 amide bonds. The summed E-state index contributed by atoms with van der Waals surface area (Å²) in [5, 5.41) is 15.7.